The quantitative estimate of drug-likeness (QED) is 0.102. The molecule has 5 aromatic rings. The summed E-state index contributed by atoms with van der Waals surface area (Å²) < 4.78 is 24.2. The Labute approximate surface area is 303 Å². The first kappa shape index (κ1) is 35.9. The number of β-amino-alcohol motifs (C(OH)–C–C–N with tert-alkyl or cyclic N) is 1. The number of halogens is 1. The van der Waals surface area contributed by atoms with Crippen LogP contribution < -0.4 is 19.5 Å². The molecule has 0 radical (unpaired) electrons. The van der Waals surface area contributed by atoms with Crippen molar-refractivity contribution in [2.24, 2.45) is 0 Å². The minimum atomic E-state index is -0.203. The summed E-state index contributed by atoms with van der Waals surface area (Å²) in [4.78, 5) is 10.6. The Hall–Kier alpha value is -4.92. The zero-order valence-electron chi connectivity index (χ0n) is 28.9. The van der Waals surface area contributed by atoms with Gasteiger partial charge in [-0.15, -0.1) is 0 Å². The third-order valence-electron chi connectivity index (χ3n) is 9.04. The van der Waals surface area contributed by atoms with E-state index in [2.05, 4.69) is 58.3 Å². The van der Waals surface area contributed by atoms with Crippen LogP contribution >= 0.6 is 11.6 Å². The van der Waals surface area contributed by atoms with Gasteiger partial charge in [0.25, 0.3) is 0 Å². The molecule has 10 nitrogen and oxygen atoms in total. The number of aromatic nitrogens is 2. The molecule has 0 spiro atoms. The van der Waals surface area contributed by atoms with E-state index in [1.165, 1.54) is 12.5 Å². The van der Waals surface area contributed by atoms with Crippen LogP contribution in [0.5, 0.6) is 17.2 Å². The molecule has 0 bridgehead atoms. The molecule has 51 heavy (non-hydrogen) atoms. The number of nitriles is 1. The van der Waals surface area contributed by atoms with Gasteiger partial charge in [-0.05, 0) is 72.7 Å². The number of likely N-dealkylation sites (tertiary alicyclic amines) is 1. The summed E-state index contributed by atoms with van der Waals surface area (Å²) in [5.41, 5.74) is 7.50. The Morgan fingerprint density at radius 1 is 0.961 bits per heavy atom. The van der Waals surface area contributed by atoms with E-state index in [1.54, 1.807) is 18.5 Å². The molecular weight excluding hydrogens is 666 g/mol. The number of ether oxygens (including phenoxy) is 3. The number of hydrogen-bond acceptors (Lipinski definition) is 10. The first-order valence-corrected chi connectivity index (χ1v) is 17.5. The van der Waals surface area contributed by atoms with Gasteiger partial charge in [0, 0.05) is 55.8 Å². The Morgan fingerprint density at radius 2 is 1.78 bits per heavy atom. The Bertz CT molecular complexity index is 1960. The second-order valence-corrected chi connectivity index (χ2v) is 13.1. The SMILES string of the molecule is Cc1c(COc2cc(OCc3cncc(C#N)c3)c(CNCc3ncco3)cc2Cl)cccc1-c1cccc(OCCCN2CC[C@@H](O)C2)c1C. The lowest BCUT2D eigenvalue weighted by molar-refractivity contribution is 0.173. The summed E-state index contributed by atoms with van der Waals surface area (Å²) in [6, 6.07) is 19.9. The minimum Gasteiger partial charge on any atom is -0.493 e. The number of aliphatic hydroxyl groups is 1. The molecule has 1 aliphatic rings. The highest BCUT2D eigenvalue weighted by atomic mass is 35.5. The molecule has 0 unspecified atom stereocenters. The Morgan fingerprint density at radius 3 is 2.57 bits per heavy atom. The molecule has 1 fully saturated rings. The Kier molecular flexibility index (Phi) is 12.2. The summed E-state index contributed by atoms with van der Waals surface area (Å²) in [7, 11) is 0. The summed E-state index contributed by atoms with van der Waals surface area (Å²) in [6.07, 6.45) is 7.89. The van der Waals surface area contributed by atoms with Crippen molar-refractivity contribution in [2.45, 2.75) is 59.1 Å². The van der Waals surface area contributed by atoms with Crippen molar-refractivity contribution in [1.29, 1.82) is 5.26 Å². The molecule has 6 rings (SSSR count). The average molecular weight is 708 g/mol. The predicted octanol–water partition coefficient (Wildman–Crippen LogP) is 7.16. The van der Waals surface area contributed by atoms with Gasteiger partial charge in [0.15, 0.2) is 0 Å². The molecule has 1 saturated heterocycles. The smallest absolute Gasteiger partial charge is 0.207 e. The maximum atomic E-state index is 9.79. The van der Waals surface area contributed by atoms with Crippen LogP contribution in [0, 0.1) is 25.2 Å². The van der Waals surface area contributed by atoms with Gasteiger partial charge in [0.1, 0.15) is 42.8 Å². The highest BCUT2D eigenvalue weighted by molar-refractivity contribution is 6.32. The van der Waals surface area contributed by atoms with Gasteiger partial charge in [-0.2, -0.15) is 5.26 Å². The van der Waals surface area contributed by atoms with Crippen LogP contribution in [0.3, 0.4) is 0 Å². The fraction of sp³-hybridized carbons (Fsp3) is 0.325. The summed E-state index contributed by atoms with van der Waals surface area (Å²) in [6.45, 7) is 8.83. The topological polar surface area (TPSA) is 126 Å². The van der Waals surface area contributed by atoms with Crippen molar-refractivity contribution < 1.29 is 23.7 Å². The number of benzene rings is 3. The maximum Gasteiger partial charge on any atom is 0.207 e. The van der Waals surface area contributed by atoms with Gasteiger partial charge in [0.2, 0.25) is 5.89 Å². The van der Waals surface area contributed by atoms with E-state index in [0.717, 1.165) is 77.2 Å². The second-order valence-electron chi connectivity index (χ2n) is 12.7. The van der Waals surface area contributed by atoms with Crippen LogP contribution in [0.1, 0.15) is 52.1 Å². The highest BCUT2D eigenvalue weighted by Gasteiger charge is 2.20. The second kappa shape index (κ2) is 17.3. The number of hydrogen-bond donors (Lipinski definition) is 2. The number of pyridine rings is 1. The summed E-state index contributed by atoms with van der Waals surface area (Å²) in [5.74, 6) is 2.53. The number of aliphatic hydroxyl groups excluding tert-OH is 1. The predicted molar refractivity (Wildman–Crippen MR) is 195 cm³/mol. The number of nitrogens with one attached hydrogen (secondary N) is 1. The lowest BCUT2D eigenvalue weighted by atomic mass is 9.93. The van der Waals surface area contributed by atoms with Crippen molar-refractivity contribution in [1.82, 2.24) is 20.2 Å². The van der Waals surface area contributed by atoms with Crippen LogP contribution in [0.15, 0.2) is 83.9 Å². The van der Waals surface area contributed by atoms with Crippen molar-refractivity contribution in [3.05, 3.63) is 124 Å². The molecule has 264 valence electrons. The number of oxazole rings is 1. The lowest BCUT2D eigenvalue weighted by Gasteiger charge is -2.19. The first-order chi connectivity index (χ1) is 24.9. The minimum absolute atomic E-state index is 0.203. The fourth-order valence-electron chi connectivity index (χ4n) is 6.23. The summed E-state index contributed by atoms with van der Waals surface area (Å²) >= 11 is 6.79. The molecule has 2 N–H and O–H groups in total. The zero-order valence-corrected chi connectivity index (χ0v) is 29.7. The normalized spacial score (nSPS) is 14.4. The molecular formula is C40H42ClN5O5. The number of rotatable bonds is 16. The van der Waals surface area contributed by atoms with E-state index in [4.69, 9.17) is 30.2 Å². The van der Waals surface area contributed by atoms with E-state index in [9.17, 15) is 10.4 Å². The van der Waals surface area contributed by atoms with E-state index in [-0.39, 0.29) is 12.7 Å². The van der Waals surface area contributed by atoms with Gasteiger partial charge >= 0.3 is 0 Å². The van der Waals surface area contributed by atoms with Crippen molar-refractivity contribution in [2.75, 3.05) is 26.2 Å². The van der Waals surface area contributed by atoms with Crippen molar-refractivity contribution >= 4 is 11.6 Å². The average Bonchev–Trinajstić information content (AvgIpc) is 3.82. The molecule has 0 saturated carbocycles. The molecule has 3 aromatic carbocycles. The summed E-state index contributed by atoms with van der Waals surface area (Å²) in [5, 5.41) is 22.9. The largest absolute Gasteiger partial charge is 0.493 e. The molecule has 3 heterocycles. The third-order valence-corrected chi connectivity index (χ3v) is 9.33. The highest BCUT2D eigenvalue weighted by Crippen LogP contribution is 2.36. The standard InChI is InChI=1S/C40H42ClN5O5/c1-27-31(6-3-7-34(27)35-8-4-9-37(28(35)2)48-14-5-12-46-13-10-33(47)24-46)26-51-39-18-38(50-25-30-16-29(19-42)20-43-21-30)32(17-36(39)41)22-44-23-40-45-11-15-49-40/h3-4,6-9,11,15-18,20-21,33,44,47H,5,10,12-14,22-26H2,1-2H3/t33-/m1/s1. The zero-order chi connectivity index (χ0) is 35.6. The Balaban J connectivity index is 1.15. The van der Waals surface area contributed by atoms with Gasteiger partial charge in [-0.25, -0.2) is 4.98 Å². The van der Waals surface area contributed by atoms with E-state index < -0.39 is 0 Å². The van der Waals surface area contributed by atoms with Crippen molar-refractivity contribution in [3.63, 3.8) is 0 Å². The van der Waals surface area contributed by atoms with Gasteiger partial charge in [-0.1, -0.05) is 41.9 Å². The van der Waals surface area contributed by atoms with E-state index >= 15 is 0 Å². The van der Waals surface area contributed by atoms with Crippen LogP contribution in [0.4, 0.5) is 0 Å². The molecule has 1 atom stereocenters. The molecule has 1 aliphatic heterocycles. The molecule has 11 heteroatoms. The third kappa shape index (κ3) is 9.45. The fourth-order valence-corrected chi connectivity index (χ4v) is 6.47. The molecule has 2 aromatic heterocycles. The first-order valence-electron chi connectivity index (χ1n) is 17.1. The lowest BCUT2D eigenvalue weighted by Crippen LogP contribution is -2.24. The number of nitrogens with zero attached hydrogens (tertiary/aromatic N) is 4. The van der Waals surface area contributed by atoms with Gasteiger partial charge in [-0.3, -0.25) is 4.98 Å². The van der Waals surface area contributed by atoms with Crippen LogP contribution in [-0.4, -0.2) is 52.3 Å². The van der Waals surface area contributed by atoms with E-state index in [1.807, 2.05) is 30.3 Å². The van der Waals surface area contributed by atoms with E-state index in [0.29, 0.717) is 54.3 Å². The maximum absolute atomic E-state index is 9.79. The monoisotopic (exact) mass is 707 g/mol. The van der Waals surface area contributed by atoms with Gasteiger partial charge < -0.3 is 34.0 Å². The van der Waals surface area contributed by atoms with Gasteiger partial charge in [0.05, 0.1) is 36.0 Å². The van der Waals surface area contributed by atoms with Crippen LogP contribution in [-0.2, 0) is 26.3 Å². The van der Waals surface area contributed by atoms with Crippen LogP contribution in [0.25, 0.3) is 11.1 Å². The molecule has 0 amide bonds. The van der Waals surface area contributed by atoms with Crippen LogP contribution in [0.2, 0.25) is 5.02 Å². The molecule has 0 aliphatic carbocycles. The van der Waals surface area contributed by atoms with Crippen molar-refractivity contribution in [3.8, 4) is 34.4 Å².